The van der Waals surface area contributed by atoms with Gasteiger partial charge in [-0.15, -0.1) is 0 Å². The summed E-state index contributed by atoms with van der Waals surface area (Å²) < 4.78 is 0.939. The van der Waals surface area contributed by atoms with Gasteiger partial charge in [-0.25, -0.2) is 4.68 Å². The van der Waals surface area contributed by atoms with E-state index in [0.29, 0.717) is 0 Å². The zero-order valence-corrected chi connectivity index (χ0v) is 5.92. The van der Waals surface area contributed by atoms with E-state index in [0.717, 1.165) is 10.9 Å². The minimum absolute atomic E-state index is 0.136. The molecular weight excluding hydrogens is 156 g/mol. The molecule has 1 rings (SSSR count). The van der Waals surface area contributed by atoms with E-state index >= 15 is 0 Å². The van der Waals surface area contributed by atoms with Crippen LogP contribution >= 0.6 is 11.6 Å². The number of aryl methyl sites for hydroxylation is 1. The van der Waals surface area contributed by atoms with Gasteiger partial charge in [0.15, 0.2) is 0 Å². The van der Waals surface area contributed by atoms with E-state index in [1.54, 1.807) is 0 Å². The molecule has 0 saturated carbocycles. The van der Waals surface area contributed by atoms with Crippen molar-refractivity contribution in [2.45, 2.75) is 0 Å². The topological polar surface area (TPSA) is 54.8 Å². The van der Waals surface area contributed by atoms with Gasteiger partial charge in [-0.05, 0) is 0 Å². The number of hydrogen-bond donors (Lipinski definition) is 0. The summed E-state index contributed by atoms with van der Waals surface area (Å²) in [4.78, 5) is 10.7. The van der Waals surface area contributed by atoms with Crippen molar-refractivity contribution in [1.82, 2.24) is 9.78 Å². The zero-order valence-electron chi connectivity index (χ0n) is 5.17. The molecule has 0 aliphatic heterocycles. The average Bonchev–Trinajstić information content (AvgIpc) is 1.93. The average molecular weight is 160 g/mol. The Labute approximate surface area is 61.7 Å². The smallest absolute Gasteiger partial charge is 0.282 e. The second-order valence-corrected chi connectivity index (χ2v) is 2.16. The lowest BCUT2D eigenvalue weighted by molar-refractivity contribution is 0.342. The molecule has 5 heteroatoms. The highest BCUT2D eigenvalue weighted by molar-refractivity contribution is 6.31. The Balaban J connectivity index is 3.50. The fourth-order valence-electron chi connectivity index (χ4n) is 0.497. The van der Waals surface area contributed by atoms with Gasteiger partial charge in [0, 0.05) is 7.05 Å². The second kappa shape index (κ2) is 2.30. The zero-order chi connectivity index (χ0) is 7.72. The number of aromatic nitrogens is 2. The highest BCUT2D eigenvalue weighted by atomic mass is 35.5. The van der Waals surface area contributed by atoms with Crippen LogP contribution < -0.4 is 5.56 Å². The lowest BCUT2D eigenvalue weighted by Gasteiger charge is -1.93. The molecule has 0 aromatic carbocycles. The van der Waals surface area contributed by atoms with Crippen LogP contribution in [0.15, 0.2) is 11.0 Å². The summed E-state index contributed by atoms with van der Waals surface area (Å²) in [6, 6.07) is 0. The summed E-state index contributed by atoms with van der Waals surface area (Å²) >= 11 is 5.30. The van der Waals surface area contributed by atoms with E-state index in [1.807, 2.05) is 0 Å². The number of hydrogen-bond acceptors (Lipinski definition) is 2. The van der Waals surface area contributed by atoms with Crippen molar-refractivity contribution < 1.29 is 5.11 Å². The summed E-state index contributed by atoms with van der Waals surface area (Å²) in [6.07, 6.45) is 1.14. The highest BCUT2D eigenvalue weighted by Crippen LogP contribution is 2.15. The van der Waals surface area contributed by atoms with Crippen LogP contribution in [0, 0.1) is 0 Å². The Hall–Kier alpha value is -1.03. The Kier molecular flexibility index (Phi) is 1.63. The fourth-order valence-corrected chi connectivity index (χ4v) is 0.622. The molecule has 0 aliphatic carbocycles. The van der Waals surface area contributed by atoms with Gasteiger partial charge in [-0.3, -0.25) is 9.90 Å². The van der Waals surface area contributed by atoms with Crippen molar-refractivity contribution >= 4 is 11.6 Å². The SMILES string of the molecule is Cn1ncc(Cl)c([O])c1=O. The normalized spacial score (nSPS) is 9.80. The third kappa shape index (κ3) is 0.974. The van der Waals surface area contributed by atoms with Gasteiger partial charge < -0.3 is 0 Å². The van der Waals surface area contributed by atoms with Crippen LogP contribution in [0.3, 0.4) is 0 Å². The van der Waals surface area contributed by atoms with Gasteiger partial charge in [0.25, 0.3) is 5.75 Å². The summed E-state index contributed by atoms with van der Waals surface area (Å²) in [5.74, 6) is -0.709. The van der Waals surface area contributed by atoms with Crippen LogP contribution in [-0.4, -0.2) is 9.78 Å². The molecule has 1 aromatic heterocycles. The Morgan fingerprint density at radius 1 is 1.70 bits per heavy atom. The minimum Gasteiger partial charge on any atom is -0.282 e. The highest BCUT2D eigenvalue weighted by Gasteiger charge is 2.06. The van der Waals surface area contributed by atoms with Crippen LogP contribution in [0.5, 0.6) is 5.75 Å². The molecule has 0 atom stereocenters. The largest absolute Gasteiger partial charge is 0.315 e. The summed E-state index contributed by atoms with van der Waals surface area (Å²) in [5, 5.41) is 14.1. The molecule has 10 heavy (non-hydrogen) atoms. The molecule has 53 valence electrons. The molecule has 0 N–H and O–H groups in total. The van der Waals surface area contributed by atoms with Crippen LogP contribution in [0.2, 0.25) is 5.02 Å². The van der Waals surface area contributed by atoms with E-state index in [-0.39, 0.29) is 5.02 Å². The predicted octanol–water partition coefficient (Wildman–Crippen LogP) is 0.577. The minimum atomic E-state index is -0.709. The van der Waals surface area contributed by atoms with Crippen LogP contribution in [0.25, 0.3) is 0 Å². The van der Waals surface area contributed by atoms with Crippen LogP contribution in [-0.2, 0) is 12.2 Å². The summed E-state index contributed by atoms with van der Waals surface area (Å²) in [7, 11) is 1.39. The first-order chi connectivity index (χ1) is 4.63. The van der Waals surface area contributed by atoms with Crippen molar-refractivity contribution in [1.29, 1.82) is 0 Å². The lowest BCUT2D eigenvalue weighted by Crippen LogP contribution is -2.17. The van der Waals surface area contributed by atoms with Crippen molar-refractivity contribution in [3.63, 3.8) is 0 Å². The monoisotopic (exact) mass is 159 g/mol. The molecule has 0 amide bonds. The van der Waals surface area contributed by atoms with Crippen molar-refractivity contribution in [3.8, 4) is 5.75 Å². The predicted molar refractivity (Wildman–Crippen MR) is 34.6 cm³/mol. The van der Waals surface area contributed by atoms with Crippen LogP contribution in [0.1, 0.15) is 0 Å². The maximum absolute atomic E-state index is 10.7. The molecule has 1 heterocycles. The summed E-state index contributed by atoms with van der Waals surface area (Å²) in [6.45, 7) is 0. The molecule has 1 radical (unpaired) electrons. The van der Waals surface area contributed by atoms with Crippen molar-refractivity contribution in [3.05, 3.63) is 21.6 Å². The maximum Gasteiger partial charge on any atom is 0.315 e. The first-order valence-corrected chi connectivity index (χ1v) is 2.89. The van der Waals surface area contributed by atoms with Crippen LogP contribution in [0.4, 0.5) is 0 Å². The summed E-state index contributed by atoms with van der Waals surface area (Å²) in [5.41, 5.74) is -0.701. The first-order valence-electron chi connectivity index (χ1n) is 2.51. The van der Waals surface area contributed by atoms with E-state index in [4.69, 9.17) is 11.6 Å². The fraction of sp³-hybridized carbons (Fsp3) is 0.200. The van der Waals surface area contributed by atoms with Gasteiger partial charge in [-0.1, -0.05) is 11.6 Å². The molecule has 1 aromatic rings. The van der Waals surface area contributed by atoms with E-state index in [1.165, 1.54) is 7.05 Å². The van der Waals surface area contributed by atoms with Gasteiger partial charge >= 0.3 is 5.56 Å². The second-order valence-electron chi connectivity index (χ2n) is 1.75. The van der Waals surface area contributed by atoms with Gasteiger partial charge in [-0.2, -0.15) is 5.10 Å². The van der Waals surface area contributed by atoms with E-state index < -0.39 is 11.3 Å². The number of rotatable bonds is 0. The third-order valence-electron chi connectivity index (χ3n) is 1.05. The number of nitrogens with zero attached hydrogens (tertiary/aromatic N) is 2. The van der Waals surface area contributed by atoms with E-state index in [2.05, 4.69) is 5.10 Å². The van der Waals surface area contributed by atoms with Crippen molar-refractivity contribution in [2.24, 2.45) is 7.05 Å². The maximum atomic E-state index is 10.7. The van der Waals surface area contributed by atoms with Gasteiger partial charge in [0.05, 0.1) is 6.20 Å². The molecule has 0 aliphatic rings. The molecule has 0 fully saturated rings. The molecule has 0 spiro atoms. The Bertz CT molecular complexity index is 307. The first kappa shape index (κ1) is 7.08. The van der Waals surface area contributed by atoms with Gasteiger partial charge in [0.2, 0.25) is 0 Å². The molecular formula is C5H4ClN2O2. The third-order valence-corrected chi connectivity index (χ3v) is 1.32. The van der Waals surface area contributed by atoms with Gasteiger partial charge in [0.1, 0.15) is 5.02 Å². The standard InChI is InChI=1S/C5H4ClN2O2/c1-8-5(10)4(9)3(6)2-7-8/h2H,1H3. The Morgan fingerprint density at radius 3 is 2.80 bits per heavy atom. The molecule has 0 bridgehead atoms. The Morgan fingerprint density at radius 2 is 2.30 bits per heavy atom. The molecule has 0 unspecified atom stereocenters. The molecule has 0 saturated heterocycles. The van der Waals surface area contributed by atoms with E-state index in [9.17, 15) is 9.90 Å². The van der Waals surface area contributed by atoms with Crippen molar-refractivity contribution in [2.75, 3.05) is 0 Å². The lowest BCUT2D eigenvalue weighted by atomic mass is 10.5. The quantitative estimate of drug-likeness (QED) is 0.556. The molecule has 4 nitrogen and oxygen atoms in total. The number of halogens is 1.